The van der Waals surface area contributed by atoms with E-state index in [9.17, 15) is 24.5 Å². The van der Waals surface area contributed by atoms with Crippen molar-refractivity contribution in [1.29, 1.82) is 0 Å². The second kappa shape index (κ2) is 10.5. The molecule has 0 saturated carbocycles. The number of hydrogen-bond acceptors (Lipinski definition) is 7. The molecule has 0 N–H and O–H groups in total. The van der Waals surface area contributed by atoms with Crippen LogP contribution in [0.25, 0.3) is 11.1 Å². The molecule has 3 rings (SSSR count). The molecule has 1 aliphatic rings. The summed E-state index contributed by atoms with van der Waals surface area (Å²) in [5.74, 6) is -1.35. The number of amides is 1. The molecule has 0 fully saturated rings. The molecule has 9 nitrogen and oxygen atoms in total. The number of carbonyl (C=O) groups is 3. The molecule has 0 aliphatic carbocycles. The van der Waals surface area contributed by atoms with Gasteiger partial charge in [0.05, 0.1) is 16.9 Å². The summed E-state index contributed by atoms with van der Waals surface area (Å²) in [6.45, 7) is 9.12. The SMILES string of the molecule is C=CCOC(=O)c1ccc(-c2cc3c(c([N+](=O)[O-])c2)N(C(=O)CCC(=O)OC(C)(C)C)CC3)cc1. The van der Waals surface area contributed by atoms with Crippen LogP contribution in [0.2, 0.25) is 0 Å². The summed E-state index contributed by atoms with van der Waals surface area (Å²) in [5, 5.41) is 11.9. The van der Waals surface area contributed by atoms with E-state index in [1.54, 1.807) is 45.0 Å². The first-order chi connectivity index (χ1) is 16.5. The fourth-order valence-electron chi connectivity index (χ4n) is 3.83. The number of fused-ring (bicyclic) bond motifs is 1. The van der Waals surface area contributed by atoms with Gasteiger partial charge in [0.2, 0.25) is 5.91 Å². The minimum atomic E-state index is -0.653. The van der Waals surface area contributed by atoms with Crippen molar-refractivity contribution in [2.75, 3.05) is 18.1 Å². The van der Waals surface area contributed by atoms with Gasteiger partial charge in [0, 0.05) is 19.0 Å². The fraction of sp³-hybridized carbons (Fsp3) is 0.346. The van der Waals surface area contributed by atoms with Crippen LogP contribution in [-0.4, -0.2) is 41.5 Å². The Labute approximate surface area is 203 Å². The molecular formula is C26H28N2O7. The van der Waals surface area contributed by atoms with E-state index in [1.165, 1.54) is 17.0 Å². The zero-order chi connectivity index (χ0) is 25.8. The molecule has 9 heteroatoms. The van der Waals surface area contributed by atoms with Gasteiger partial charge in [0.15, 0.2) is 0 Å². The minimum Gasteiger partial charge on any atom is -0.460 e. The van der Waals surface area contributed by atoms with E-state index in [-0.39, 0.29) is 36.7 Å². The van der Waals surface area contributed by atoms with E-state index in [2.05, 4.69) is 6.58 Å². The number of anilines is 1. The van der Waals surface area contributed by atoms with E-state index >= 15 is 0 Å². The summed E-state index contributed by atoms with van der Waals surface area (Å²) in [6, 6.07) is 9.79. The summed E-state index contributed by atoms with van der Waals surface area (Å²) in [5.41, 5.74) is 1.74. The van der Waals surface area contributed by atoms with E-state index in [0.717, 1.165) is 0 Å². The largest absolute Gasteiger partial charge is 0.460 e. The molecule has 0 aromatic heterocycles. The normalized spacial score (nSPS) is 12.6. The number of nitrogens with zero attached hydrogens (tertiary/aromatic N) is 2. The van der Waals surface area contributed by atoms with Gasteiger partial charge in [-0.3, -0.25) is 19.7 Å². The topological polar surface area (TPSA) is 116 Å². The lowest BCUT2D eigenvalue weighted by Crippen LogP contribution is -2.30. The molecule has 0 bridgehead atoms. The maximum atomic E-state index is 12.8. The molecule has 0 atom stereocenters. The second-order valence-electron chi connectivity index (χ2n) is 9.11. The number of carbonyl (C=O) groups excluding carboxylic acids is 3. The molecule has 1 aliphatic heterocycles. The highest BCUT2D eigenvalue weighted by Crippen LogP contribution is 2.41. The molecule has 0 saturated heterocycles. The summed E-state index contributed by atoms with van der Waals surface area (Å²) in [4.78, 5) is 49.6. The maximum Gasteiger partial charge on any atom is 0.338 e. The molecule has 35 heavy (non-hydrogen) atoms. The molecule has 0 unspecified atom stereocenters. The van der Waals surface area contributed by atoms with E-state index < -0.39 is 22.5 Å². The van der Waals surface area contributed by atoms with Gasteiger partial charge in [0.25, 0.3) is 5.69 Å². The Kier molecular flexibility index (Phi) is 7.68. The van der Waals surface area contributed by atoms with Crippen molar-refractivity contribution in [2.24, 2.45) is 0 Å². The Morgan fingerprint density at radius 1 is 1.11 bits per heavy atom. The van der Waals surface area contributed by atoms with Crippen LogP contribution in [0.3, 0.4) is 0 Å². The Bertz CT molecular complexity index is 1160. The number of hydrogen-bond donors (Lipinski definition) is 0. The lowest BCUT2D eigenvalue weighted by Gasteiger charge is -2.20. The van der Waals surface area contributed by atoms with E-state index in [1.807, 2.05) is 6.07 Å². The van der Waals surface area contributed by atoms with Crippen molar-refractivity contribution in [2.45, 2.75) is 45.6 Å². The summed E-state index contributed by atoms with van der Waals surface area (Å²) >= 11 is 0. The highest BCUT2D eigenvalue weighted by molar-refractivity contribution is 6.00. The number of ether oxygens (including phenoxy) is 2. The summed E-state index contributed by atoms with van der Waals surface area (Å²) < 4.78 is 10.3. The Hall–Kier alpha value is -4.01. The Morgan fingerprint density at radius 2 is 1.80 bits per heavy atom. The van der Waals surface area contributed by atoms with Crippen LogP contribution in [0.15, 0.2) is 49.1 Å². The van der Waals surface area contributed by atoms with Gasteiger partial charge >= 0.3 is 11.9 Å². The Morgan fingerprint density at radius 3 is 2.40 bits per heavy atom. The zero-order valence-electron chi connectivity index (χ0n) is 20.0. The van der Waals surface area contributed by atoms with Crippen LogP contribution >= 0.6 is 0 Å². The quantitative estimate of drug-likeness (QED) is 0.234. The maximum absolute atomic E-state index is 12.8. The van der Waals surface area contributed by atoms with Crippen molar-refractivity contribution in [3.05, 3.63) is 70.3 Å². The summed E-state index contributed by atoms with van der Waals surface area (Å²) in [7, 11) is 0. The van der Waals surface area contributed by atoms with Gasteiger partial charge in [-0.05, 0) is 62.1 Å². The van der Waals surface area contributed by atoms with Gasteiger partial charge in [-0.25, -0.2) is 4.79 Å². The highest BCUT2D eigenvalue weighted by atomic mass is 16.6. The third-order valence-corrected chi connectivity index (χ3v) is 5.29. The predicted molar refractivity (Wildman–Crippen MR) is 130 cm³/mol. The van der Waals surface area contributed by atoms with Gasteiger partial charge in [-0.1, -0.05) is 24.8 Å². The number of benzene rings is 2. The Balaban J connectivity index is 1.82. The molecular weight excluding hydrogens is 452 g/mol. The number of rotatable bonds is 8. The third-order valence-electron chi connectivity index (χ3n) is 5.29. The van der Waals surface area contributed by atoms with Gasteiger partial charge in [0.1, 0.15) is 17.9 Å². The molecule has 0 radical (unpaired) electrons. The molecule has 1 heterocycles. The third kappa shape index (κ3) is 6.32. The standard InChI is InChI=1S/C26H28N2O7/c1-5-14-34-25(31)18-8-6-17(7-9-18)20-15-19-12-13-27(24(19)21(16-20)28(32)33)22(29)10-11-23(30)35-26(2,3)4/h5-9,15-16H,1,10-14H2,2-4H3. The lowest BCUT2D eigenvalue weighted by molar-refractivity contribution is -0.384. The average Bonchev–Trinajstić information content (AvgIpc) is 3.23. The highest BCUT2D eigenvalue weighted by Gasteiger charge is 2.33. The summed E-state index contributed by atoms with van der Waals surface area (Å²) in [6.07, 6.45) is 1.72. The number of esters is 2. The van der Waals surface area contributed by atoms with Crippen molar-refractivity contribution >= 4 is 29.2 Å². The first-order valence-corrected chi connectivity index (χ1v) is 11.2. The zero-order valence-corrected chi connectivity index (χ0v) is 20.0. The van der Waals surface area contributed by atoms with Crippen LogP contribution in [0.5, 0.6) is 0 Å². The van der Waals surface area contributed by atoms with Crippen LogP contribution < -0.4 is 4.90 Å². The van der Waals surface area contributed by atoms with E-state index in [4.69, 9.17) is 9.47 Å². The molecule has 1 amide bonds. The van der Waals surface area contributed by atoms with Crippen LogP contribution in [-0.2, 0) is 25.5 Å². The second-order valence-corrected chi connectivity index (χ2v) is 9.11. The van der Waals surface area contributed by atoms with Crippen molar-refractivity contribution < 1.29 is 28.8 Å². The smallest absolute Gasteiger partial charge is 0.338 e. The monoisotopic (exact) mass is 480 g/mol. The molecule has 184 valence electrons. The fourth-order valence-corrected chi connectivity index (χ4v) is 3.83. The molecule has 2 aromatic carbocycles. The van der Waals surface area contributed by atoms with Gasteiger partial charge < -0.3 is 14.4 Å². The minimum absolute atomic E-state index is 0.101. The van der Waals surface area contributed by atoms with Gasteiger partial charge in [-0.2, -0.15) is 0 Å². The van der Waals surface area contributed by atoms with E-state index in [0.29, 0.717) is 35.2 Å². The van der Waals surface area contributed by atoms with Crippen LogP contribution in [0.1, 0.15) is 49.5 Å². The lowest BCUT2D eigenvalue weighted by atomic mass is 9.99. The number of nitro groups is 1. The van der Waals surface area contributed by atoms with Gasteiger partial charge in [-0.15, -0.1) is 0 Å². The first-order valence-electron chi connectivity index (χ1n) is 11.2. The molecule has 0 spiro atoms. The predicted octanol–water partition coefficient (Wildman–Crippen LogP) is 4.62. The average molecular weight is 481 g/mol. The van der Waals surface area contributed by atoms with Crippen LogP contribution in [0.4, 0.5) is 11.4 Å². The first kappa shape index (κ1) is 25.6. The van der Waals surface area contributed by atoms with Crippen LogP contribution in [0, 0.1) is 10.1 Å². The molecule has 2 aromatic rings. The number of nitro benzene ring substituents is 1. The van der Waals surface area contributed by atoms with Crippen molar-refractivity contribution in [3.63, 3.8) is 0 Å². The van der Waals surface area contributed by atoms with Crippen molar-refractivity contribution in [3.8, 4) is 11.1 Å². The van der Waals surface area contributed by atoms with Crippen molar-refractivity contribution in [1.82, 2.24) is 0 Å².